The Kier molecular flexibility index (Phi) is 8.41. The molecule has 0 fully saturated rings. The van der Waals surface area contributed by atoms with Gasteiger partial charge in [0, 0.05) is 30.9 Å². The number of carbonyl (C=O) groups excluding carboxylic acids is 1. The van der Waals surface area contributed by atoms with Gasteiger partial charge in [-0.1, -0.05) is 23.7 Å². The molecule has 1 aromatic rings. The smallest absolute Gasteiger partial charge is 0.188 e. The van der Waals surface area contributed by atoms with E-state index in [1.165, 1.54) is 0 Å². The molecule has 0 unspecified atom stereocenters. The quantitative estimate of drug-likeness (QED) is 0.490. The van der Waals surface area contributed by atoms with Gasteiger partial charge in [0.25, 0.3) is 0 Å². The maximum absolute atomic E-state index is 11.7. The Morgan fingerprint density at radius 3 is 2.68 bits per heavy atom. The summed E-state index contributed by atoms with van der Waals surface area (Å²) in [6.07, 6.45) is 0.756. The minimum absolute atomic E-state index is 0.0669. The second-order valence-electron chi connectivity index (χ2n) is 3.94. The second-order valence-corrected chi connectivity index (χ2v) is 4.38. The largest absolute Gasteiger partial charge is 0.382 e. The van der Waals surface area contributed by atoms with Gasteiger partial charge < -0.3 is 14.2 Å². The molecular weight excluding hydrogens is 268 g/mol. The number of rotatable bonds is 10. The van der Waals surface area contributed by atoms with Gasteiger partial charge in [-0.2, -0.15) is 0 Å². The highest BCUT2D eigenvalue weighted by molar-refractivity contribution is 6.31. The Morgan fingerprint density at radius 2 is 1.95 bits per heavy atom. The van der Waals surface area contributed by atoms with Crippen LogP contribution in [0, 0.1) is 0 Å². The number of halogens is 1. The molecule has 0 heterocycles. The van der Waals surface area contributed by atoms with Gasteiger partial charge in [0.2, 0.25) is 0 Å². The molecule has 0 radical (unpaired) electrons. The SMILES string of the molecule is COCCOCCCOCC(=O)c1cccc(Cl)c1. The average Bonchev–Trinajstić information content (AvgIpc) is 2.41. The molecule has 5 heteroatoms. The highest BCUT2D eigenvalue weighted by Gasteiger charge is 2.05. The summed E-state index contributed by atoms with van der Waals surface area (Å²) >= 11 is 5.81. The highest BCUT2D eigenvalue weighted by atomic mass is 35.5. The predicted molar refractivity (Wildman–Crippen MR) is 73.9 cm³/mol. The fourth-order valence-corrected chi connectivity index (χ4v) is 1.61. The normalized spacial score (nSPS) is 10.6. The lowest BCUT2D eigenvalue weighted by Crippen LogP contribution is -2.11. The van der Waals surface area contributed by atoms with Gasteiger partial charge in [0.15, 0.2) is 5.78 Å². The fraction of sp³-hybridized carbons (Fsp3) is 0.500. The summed E-state index contributed by atoms with van der Waals surface area (Å²) in [7, 11) is 1.63. The van der Waals surface area contributed by atoms with Crippen LogP contribution in [0.2, 0.25) is 5.02 Å². The number of methoxy groups -OCH3 is 1. The number of ether oxygens (including phenoxy) is 3. The van der Waals surface area contributed by atoms with E-state index < -0.39 is 0 Å². The second kappa shape index (κ2) is 9.92. The standard InChI is InChI=1S/C14H19ClO4/c1-17-8-9-18-6-3-7-19-11-14(16)12-4-2-5-13(15)10-12/h2,4-5,10H,3,6-9,11H2,1H3. The number of hydrogen-bond donors (Lipinski definition) is 0. The average molecular weight is 287 g/mol. The molecule has 1 rings (SSSR count). The molecule has 19 heavy (non-hydrogen) atoms. The molecule has 0 bridgehead atoms. The summed E-state index contributed by atoms with van der Waals surface area (Å²) in [5.74, 6) is -0.0669. The van der Waals surface area contributed by atoms with E-state index in [2.05, 4.69) is 0 Å². The van der Waals surface area contributed by atoms with E-state index >= 15 is 0 Å². The van der Waals surface area contributed by atoms with Gasteiger partial charge in [-0.3, -0.25) is 4.79 Å². The van der Waals surface area contributed by atoms with E-state index in [-0.39, 0.29) is 12.4 Å². The zero-order valence-corrected chi connectivity index (χ0v) is 11.8. The van der Waals surface area contributed by atoms with Crippen LogP contribution in [0.1, 0.15) is 16.8 Å². The van der Waals surface area contributed by atoms with Gasteiger partial charge in [-0.25, -0.2) is 0 Å². The lowest BCUT2D eigenvalue weighted by atomic mass is 10.1. The first kappa shape index (κ1) is 16.1. The summed E-state index contributed by atoms with van der Waals surface area (Å²) in [6, 6.07) is 6.85. The molecule has 0 saturated carbocycles. The fourth-order valence-electron chi connectivity index (χ4n) is 1.42. The molecular formula is C14H19ClO4. The Balaban J connectivity index is 2.08. The van der Waals surface area contributed by atoms with Crippen LogP contribution in [0.15, 0.2) is 24.3 Å². The molecule has 0 N–H and O–H groups in total. The zero-order chi connectivity index (χ0) is 13.9. The highest BCUT2D eigenvalue weighted by Crippen LogP contribution is 2.11. The summed E-state index contributed by atoms with van der Waals surface area (Å²) < 4.78 is 15.4. The molecule has 0 spiro atoms. The summed E-state index contributed by atoms with van der Waals surface area (Å²) in [5, 5.41) is 0.553. The van der Waals surface area contributed by atoms with E-state index in [9.17, 15) is 4.79 Å². The minimum atomic E-state index is -0.0669. The van der Waals surface area contributed by atoms with Crippen molar-refractivity contribution in [1.82, 2.24) is 0 Å². The first-order chi connectivity index (χ1) is 9.24. The van der Waals surface area contributed by atoms with Gasteiger partial charge in [0.05, 0.1) is 13.2 Å². The van der Waals surface area contributed by atoms with Crippen LogP contribution < -0.4 is 0 Å². The van der Waals surface area contributed by atoms with Crippen LogP contribution in [-0.4, -0.2) is 45.9 Å². The lowest BCUT2D eigenvalue weighted by Gasteiger charge is -2.05. The van der Waals surface area contributed by atoms with Crippen molar-refractivity contribution in [2.45, 2.75) is 6.42 Å². The third kappa shape index (κ3) is 7.28. The van der Waals surface area contributed by atoms with Crippen molar-refractivity contribution in [3.63, 3.8) is 0 Å². The summed E-state index contributed by atoms with van der Waals surface area (Å²) in [5.41, 5.74) is 0.573. The number of hydrogen-bond acceptors (Lipinski definition) is 4. The monoisotopic (exact) mass is 286 g/mol. The van der Waals surface area contributed by atoms with Crippen LogP contribution in [-0.2, 0) is 14.2 Å². The van der Waals surface area contributed by atoms with Crippen molar-refractivity contribution in [2.24, 2.45) is 0 Å². The number of ketones is 1. The van der Waals surface area contributed by atoms with Gasteiger partial charge in [0.1, 0.15) is 6.61 Å². The van der Waals surface area contributed by atoms with Crippen molar-refractivity contribution < 1.29 is 19.0 Å². The van der Waals surface area contributed by atoms with E-state index in [0.717, 1.165) is 6.42 Å². The molecule has 106 valence electrons. The Bertz CT molecular complexity index is 381. The van der Waals surface area contributed by atoms with Crippen molar-refractivity contribution in [2.75, 3.05) is 40.1 Å². The number of Topliss-reactive ketones (excluding diaryl/α,β-unsaturated/α-hetero) is 1. The van der Waals surface area contributed by atoms with Crippen molar-refractivity contribution in [1.29, 1.82) is 0 Å². The van der Waals surface area contributed by atoms with E-state index in [1.807, 2.05) is 0 Å². The molecule has 0 aliphatic carbocycles. The predicted octanol–water partition coefficient (Wildman–Crippen LogP) is 2.59. The van der Waals surface area contributed by atoms with E-state index in [1.54, 1.807) is 31.4 Å². The molecule has 1 aromatic carbocycles. The third-order valence-electron chi connectivity index (χ3n) is 2.39. The van der Waals surface area contributed by atoms with Crippen LogP contribution >= 0.6 is 11.6 Å². The van der Waals surface area contributed by atoms with Gasteiger partial charge >= 0.3 is 0 Å². The minimum Gasteiger partial charge on any atom is -0.382 e. The lowest BCUT2D eigenvalue weighted by molar-refractivity contribution is 0.0488. The Morgan fingerprint density at radius 1 is 1.16 bits per heavy atom. The first-order valence-corrected chi connectivity index (χ1v) is 6.55. The van der Waals surface area contributed by atoms with Gasteiger partial charge in [-0.15, -0.1) is 0 Å². The molecule has 4 nitrogen and oxygen atoms in total. The van der Waals surface area contributed by atoms with Crippen LogP contribution in [0.4, 0.5) is 0 Å². The third-order valence-corrected chi connectivity index (χ3v) is 2.62. The van der Waals surface area contributed by atoms with Crippen LogP contribution in [0.5, 0.6) is 0 Å². The van der Waals surface area contributed by atoms with E-state index in [4.69, 9.17) is 25.8 Å². The first-order valence-electron chi connectivity index (χ1n) is 6.17. The van der Waals surface area contributed by atoms with Crippen LogP contribution in [0.25, 0.3) is 0 Å². The molecule has 0 amide bonds. The maximum atomic E-state index is 11.7. The molecule has 0 aliphatic rings. The number of carbonyl (C=O) groups is 1. The summed E-state index contributed by atoms with van der Waals surface area (Å²) in [4.78, 5) is 11.7. The van der Waals surface area contributed by atoms with Crippen molar-refractivity contribution in [3.8, 4) is 0 Å². The topological polar surface area (TPSA) is 44.8 Å². The van der Waals surface area contributed by atoms with Crippen LogP contribution in [0.3, 0.4) is 0 Å². The summed E-state index contributed by atoms with van der Waals surface area (Å²) in [6.45, 7) is 2.35. The Labute approximate surface area is 118 Å². The van der Waals surface area contributed by atoms with E-state index in [0.29, 0.717) is 37.0 Å². The molecule has 0 aromatic heterocycles. The van der Waals surface area contributed by atoms with Crippen molar-refractivity contribution >= 4 is 17.4 Å². The molecule has 0 aliphatic heterocycles. The maximum Gasteiger partial charge on any atom is 0.188 e. The zero-order valence-electron chi connectivity index (χ0n) is 11.1. The molecule has 0 saturated heterocycles. The number of benzene rings is 1. The van der Waals surface area contributed by atoms with Gasteiger partial charge in [-0.05, 0) is 18.6 Å². The van der Waals surface area contributed by atoms with Crippen molar-refractivity contribution in [3.05, 3.63) is 34.9 Å². The Hall–Kier alpha value is -0.940. The molecule has 0 atom stereocenters.